The Labute approximate surface area is 172 Å². The summed E-state index contributed by atoms with van der Waals surface area (Å²) < 4.78 is 0. The Morgan fingerprint density at radius 3 is 2.57 bits per heavy atom. The molecule has 0 radical (unpaired) electrons. The molecule has 4 N–H and O–H groups in total. The molecule has 1 atom stereocenters. The number of aliphatic carboxylic acids is 2. The number of hydrogen-bond donors (Lipinski definition) is 4. The first-order valence-corrected chi connectivity index (χ1v) is 9.76. The zero-order valence-corrected chi connectivity index (χ0v) is 16.3. The van der Waals surface area contributed by atoms with Crippen molar-refractivity contribution in [1.29, 1.82) is 0 Å². The lowest BCUT2D eigenvalue weighted by Gasteiger charge is -2.22. The Kier molecular flexibility index (Phi) is 6.80. The molecule has 1 saturated heterocycles. The third-order valence-electron chi connectivity index (χ3n) is 5.39. The Morgan fingerprint density at radius 1 is 1.17 bits per heavy atom. The standard InChI is InChI=1S/C20H24N2O8/c23-15(10-22-16(24)5-4-12-6-8-21-9-7-12)13-2-1-3-14-18(13)20(14,19(27)28)30-29-11-17(25)26/h1-3,12,21H,4-11H2,(H,22,24)(H,25,26)(H,27,28). The molecule has 0 aromatic heterocycles. The van der Waals surface area contributed by atoms with Gasteiger partial charge in [0.2, 0.25) is 5.91 Å². The Balaban J connectivity index is 1.57. The van der Waals surface area contributed by atoms with Crippen LogP contribution in [0.4, 0.5) is 0 Å². The van der Waals surface area contributed by atoms with E-state index in [9.17, 15) is 24.3 Å². The number of carboxylic acids is 2. The second kappa shape index (κ2) is 9.33. The Bertz CT molecular complexity index is 849. The van der Waals surface area contributed by atoms with Crippen molar-refractivity contribution in [2.45, 2.75) is 31.3 Å². The fourth-order valence-corrected chi connectivity index (χ4v) is 3.75. The van der Waals surface area contributed by atoms with Crippen LogP contribution in [0.5, 0.6) is 0 Å². The van der Waals surface area contributed by atoms with E-state index in [-0.39, 0.29) is 29.1 Å². The maximum Gasteiger partial charge on any atom is 0.348 e. The number of nitrogens with one attached hydrogen (secondary N) is 2. The SMILES string of the molecule is O=C(O)COOC1(C(=O)O)c2cccc(C(=O)CNC(=O)CCC3CCNCC3)c21. The number of ketones is 1. The van der Waals surface area contributed by atoms with Crippen LogP contribution in [-0.2, 0) is 29.8 Å². The van der Waals surface area contributed by atoms with Crippen molar-refractivity contribution in [2.24, 2.45) is 5.92 Å². The first-order valence-electron chi connectivity index (χ1n) is 9.76. The van der Waals surface area contributed by atoms with Gasteiger partial charge in [-0.25, -0.2) is 19.4 Å². The van der Waals surface area contributed by atoms with E-state index in [0.29, 0.717) is 12.3 Å². The number of piperidine rings is 1. The number of carboxylic acid groups (broad SMARTS) is 2. The highest BCUT2D eigenvalue weighted by molar-refractivity contribution is 6.07. The van der Waals surface area contributed by atoms with Crippen LogP contribution >= 0.6 is 0 Å². The number of carbonyl (C=O) groups excluding carboxylic acids is 2. The highest BCUT2D eigenvalue weighted by atomic mass is 17.2. The Hall–Kier alpha value is -2.82. The topological polar surface area (TPSA) is 151 Å². The van der Waals surface area contributed by atoms with Gasteiger partial charge in [-0.2, -0.15) is 0 Å². The normalized spacial score (nSPS) is 20.3. The molecule has 0 saturated carbocycles. The predicted octanol–water partition coefficient (Wildman–Crippen LogP) is 0.440. The fourth-order valence-electron chi connectivity index (χ4n) is 3.75. The second-order valence-corrected chi connectivity index (χ2v) is 7.39. The van der Waals surface area contributed by atoms with Gasteiger partial charge in [0.1, 0.15) is 0 Å². The molecular formula is C20H24N2O8. The van der Waals surface area contributed by atoms with Crippen LogP contribution in [0.2, 0.25) is 0 Å². The molecule has 1 amide bonds. The van der Waals surface area contributed by atoms with E-state index in [1.165, 1.54) is 18.2 Å². The number of hydrogen-bond acceptors (Lipinski definition) is 7. The van der Waals surface area contributed by atoms with E-state index >= 15 is 0 Å². The number of carbonyl (C=O) groups is 4. The van der Waals surface area contributed by atoms with Crippen molar-refractivity contribution in [1.82, 2.24) is 10.6 Å². The molecule has 1 fully saturated rings. The summed E-state index contributed by atoms with van der Waals surface area (Å²) in [5.41, 5.74) is -1.60. The van der Waals surface area contributed by atoms with Gasteiger partial charge in [0.05, 0.1) is 6.54 Å². The van der Waals surface area contributed by atoms with Crippen molar-refractivity contribution in [3.8, 4) is 0 Å². The minimum Gasteiger partial charge on any atom is -0.479 e. The van der Waals surface area contributed by atoms with Gasteiger partial charge < -0.3 is 20.8 Å². The van der Waals surface area contributed by atoms with E-state index in [1.807, 2.05) is 0 Å². The molecule has 0 bridgehead atoms. The fraction of sp³-hybridized carbons (Fsp3) is 0.500. The van der Waals surface area contributed by atoms with Crippen molar-refractivity contribution in [3.63, 3.8) is 0 Å². The number of rotatable bonds is 11. The lowest BCUT2D eigenvalue weighted by molar-refractivity contribution is -0.333. The van der Waals surface area contributed by atoms with E-state index < -0.39 is 29.9 Å². The van der Waals surface area contributed by atoms with Gasteiger partial charge in [0.15, 0.2) is 12.4 Å². The molecular weight excluding hydrogens is 396 g/mol. The number of benzene rings is 1. The van der Waals surface area contributed by atoms with E-state index in [2.05, 4.69) is 15.5 Å². The van der Waals surface area contributed by atoms with E-state index in [1.54, 1.807) is 0 Å². The van der Waals surface area contributed by atoms with Crippen LogP contribution in [0.1, 0.15) is 47.2 Å². The summed E-state index contributed by atoms with van der Waals surface area (Å²) in [5, 5.41) is 24.1. The van der Waals surface area contributed by atoms with Crippen LogP contribution in [0.15, 0.2) is 18.2 Å². The zero-order valence-electron chi connectivity index (χ0n) is 16.3. The minimum absolute atomic E-state index is 0.0903. The number of amides is 1. The zero-order chi connectivity index (χ0) is 21.7. The maximum absolute atomic E-state index is 12.6. The van der Waals surface area contributed by atoms with Gasteiger partial charge in [-0.1, -0.05) is 18.2 Å². The largest absolute Gasteiger partial charge is 0.479 e. The number of fused-ring (bicyclic) bond motifs is 1. The molecule has 10 heteroatoms. The van der Waals surface area contributed by atoms with Crippen LogP contribution in [0, 0.1) is 5.92 Å². The summed E-state index contributed by atoms with van der Waals surface area (Å²) in [4.78, 5) is 56.4. The molecule has 1 aliphatic heterocycles. The van der Waals surface area contributed by atoms with Crippen molar-refractivity contribution in [3.05, 3.63) is 34.9 Å². The molecule has 162 valence electrons. The summed E-state index contributed by atoms with van der Waals surface area (Å²) in [5.74, 6) is -2.95. The van der Waals surface area contributed by atoms with Crippen LogP contribution < -0.4 is 10.6 Å². The average molecular weight is 420 g/mol. The minimum atomic E-state index is -2.01. The summed E-state index contributed by atoms with van der Waals surface area (Å²) >= 11 is 0. The first kappa shape index (κ1) is 21.9. The van der Waals surface area contributed by atoms with Gasteiger partial charge in [-0.05, 0) is 38.3 Å². The van der Waals surface area contributed by atoms with Crippen molar-refractivity contribution < 1.29 is 39.2 Å². The first-order chi connectivity index (χ1) is 14.4. The lowest BCUT2D eigenvalue weighted by Crippen LogP contribution is -2.32. The average Bonchev–Trinajstić information content (AvgIpc) is 3.40. The van der Waals surface area contributed by atoms with Crippen LogP contribution in [-0.4, -0.2) is 60.1 Å². The number of Topliss-reactive ketones (excluding diaryl/α,β-unsaturated/α-hetero) is 1. The maximum atomic E-state index is 12.6. The second-order valence-electron chi connectivity index (χ2n) is 7.39. The summed E-state index contributed by atoms with van der Waals surface area (Å²) in [6, 6.07) is 4.39. The Morgan fingerprint density at radius 2 is 1.90 bits per heavy atom. The van der Waals surface area contributed by atoms with Crippen molar-refractivity contribution in [2.75, 3.05) is 26.2 Å². The summed E-state index contributed by atoms with van der Waals surface area (Å²) in [7, 11) is 0. The van der Waals surface area contributed by atoms with Crippen LogP contribution in [0.3, 0.4) is 0 Å². The molecule has 30 heavy (non-hydrogen) atoms. The van der Waals surface area contributed by atoms with Gasteiger partial charge in [-0.3, -0.25) is 9.59 Å². The molecule has 1 aromatic rings. The molecule has 0 spiro atoms. The highest BCUT2D eigenvalue weighted by Gasteiger charge is 2.63. The van der Waals surface area contributed by atoms with Gasteiger partial charge in [-0.15, -0.1) is 0 Å². The summed E-state index contributed by atoms with van der Waals surface area (Å²) in [6.45, 7) is 0.785. The van der Waals surface area contributed by atoms with Gasteiger partial charge in [0, 0.05) is 23.1 Å². The summed E-state index contributed by atoms with van der Waals surface area (Å²) in [6.07, 6.45) is 3.16. The molecule has 10 nitrogen and oxygen atoms in total. The van der Waals surface area contributed by atoms with Crippen molar-refractivity contribution >= 4 is 23.6 Å². The predicted molar refractivity (Wildman–Crippen MR) is 102 cm³/mol. The third kappa shape index (κ3) is 4.66. The quantitative estimate of drug-likeness (QED) is 0.227. The molecule has 2 aliphatic rings. The van der Waals surface area contributed by atoms with Crippen LogP contribution in [0.25, 0.3) is 0 Å². The molecule has 1 unspecified atom stereocenters. The third-order valence-corrected chi connectivity index (χ3v) is 5.39. The van der Waals surface area contributed by atoms with Gasteiger partial charge >= 0.3 is 11.9 Å². The van der Waals surface area contributed by atoms with Gasteiger partial charge in [0.25, 0.3) is 5.60 Å². The van der Waals surface area contributed by atoms with E-state index in [0.717, 1.165) is 32.4 Å². The smallest absolute Gasteiger partial charge is 0.348 e. The molecule has 3 rings (SSSR count). The van der Waals surface area contributed by atoms with E-state index in [4.69, 9.17) is 9.99 Å². The highest BCUT2D eigenvalue weighted by Crippen LogP contribution is 2.53. The molecule has 1 heterocycles. The molecule has 1 aliphatic carbocycles. The lowest BCUT2D eigenvalue weighted by atomic mass is 9.93. The molecule has 1 aromatic carbocycles. The monoisotopic (exact) mass is 420 g/mol.